The predicted octanol–water partition coefficient (Wildman–Crippen LogP) is 7.75. The Morgan fingerprint density at radius 2 is 1.56 bits per heavy atom. The van der Waals surface area contributed by atoms with E-state index >= 15 is 0 Å². The monoisotopic (exact) mass is 574 g/mol. The summed E-state index contributed by atoms with van der Waals surface area (Å²) in [6.45, 7) is 0.724. The lowest BCUT2D eigenvalue weighted by molar-refractivity contribution is -0.00572. The van der Waals surface area contributed by atoms with Crippen LogP contribution in [-0.4, -0.2) is 27.3 Å². The maximum Gasteiger partial charge on any atom is 0.337 e. The third-order valence-electron chi connectivity index (χ3n) is 8.20. The Morgan fingerprint density at radius 3 is 2.26 bits per heavy atom. The van der Waals surface area contributed by atoms with Gasteiger partial charge in [-0.3, -0.25) is 0 Å². The quantitative estimate of drug-likeness (QED) is 0.191. The number of hydrogen-bond donors (Lipinski definition) is 0. The predicted molar refractivity (Wildman–Crippen MR) is 165 cm³/mol. The summed E-state index contributed by atoms with van der Waals surface area (Å²) in [6, 6.07) is 30.3. The molecule has 1 unspecified atom stereocenters. The van der Waals surface area contributed by atoms with Gasteiger partial charge in [-0.2, -0.15) is 0 Å². The Morgan fingerprint density at radius 1 is 0.791 bits per heavy atom. The molecule has 1 heterocycles. The van der Waals surface area contributed by atoms with Crippen LogP contribution in [-0.2, 0) is 33.0 Å². The number of rotatable bonds is 9. The van der Waals surface area contributed by atoms with Crippen molar-refractivity contribution >= 4 is 5.97 Å². The molecule has 1 aliphatic carbocycles. The van der Waals surface area contributed by atoms with Crippen LogP contribution in [0.1, 0.15) is 45.5 Å². The van der Waals surface area contributed by atoms with Crippen molar-refractivity contribution in [3.8, 4) is 22.6 Å². The summed E-state index contributed by atoms with van der Waals surface area (Å²) in [5.41, 5.74) is 6.87. The molecule has 0 saturated carbocycles. The lowest BCUT2D eigenvalue weighted by Gasteiger charge is -2.39. The SMILES string of the molecule is COC(=O)c1ccc2c(c1)COc1cc(COC(C3=CC=C(OC)CC3)(c3ccccc3)c3ccc(OC)cc3)ccc1-2. The minimum atomic E-state index is -0.836. The molecule has 0 N–H and O–H groups in total. The van der Waals surface area contributed by atoms with Gasteiger partial charge < -0.3 is 23.7 Å². The molecule has 0 saturated heterocycles. The van der Waals surface area contributed by atoms with Crippen LogP contribution < -0.4 is 9.47 Å². The molecule has 4 aromatic rings. The van der Waals surface area contributed by atoms with Crippen molar-refractivity contribution in [2.75, 3.05) is 21.3 Å². The zero-order valence-corrected chi connectivity index (χ0v) is 24.6. The highest BCUT2D eigenvalue weighted by Gasteiger charge is 2.40. The van der Waals surface area contributed by atoms with Crippen molar-refractivity contribution in [3.63, 3.8) is 0 Å². The fourth-order valence-electron chi connectivity index (χ4n) is 5.94. The van der Waals surface area contributed by atoms with Crippen molar-refractivity contribution in [2.24, 2.45) is 0 Å². The van der Waals surface area contributed by atoms with E-state index in [4.69, 9.17) is 23.7 Å². The van der Waals surface area contributed by atoms with Crippen molar-refractivity contribution in [1.29, 1.82) is 0 Å². The summed E-state index contributed by atoms with van der Waals surface area (Å²) in [7, 11) is 4.77. The van der Waals surface area contributed by atoms with E-state index in [-0.39, 0.29) is 5.97 Å². The molecule has 0 fully saturated rings. The molecule has 0 bridgehead atoms. The Hall–Kier alpha value is -4.81. The average molecular weight is 575 g/mol. The second-order valence-corrected chi connectivity index (χ2v) is 10.6. The van der Waals surface area contributed by atoms with Crippen LogP contribution in [0.15, 0.2) is 114 Å². The van der Waals surface area contributed by atoms with Crippen LogP contribution in [0.25, 0.3) is 11.1 Å². The Balaban J connectivity index is 1.38. The van der Waals surface area contributed by atoms with Crippen molar-refractivity contribution in [2.45, 2.75) is 31.7 Å². The minimum absolute atomic E-state index is 0.351. The lowest BCUT2D eigenvalue weighted by atomic mass is 9.76. The van der Waals surface area contributed by atoms with E-state index in [1.54, 1.807) is 20.3 Å². The minimum Gasteiger partial charge on any atom is -0.501 e. The number of methoxy groups -OCH3 is 3. The van der Waals surface area contributed by atoms with Crippen LogP contribution in [0.5, 0.6) is 11.5 Å². The third kappa shape index (κ3) is 5.42. The van der Waals surface area contributed by atoms with Gasteiger partial charge in [-0.05, 0) is 76.2 Å². The Kier molecular flexibility index (Phi) is 8.03. The van der Waals surface area contributed by atoms with E-state index in [1.165, 1.54) is 7.11 Å². The number of esters is 1. The van der Waals surface area contributed by atoms with Gasteiger partial charge in [0.25, 0.3) is 0 Å². The summed E-state index contributed by atoms with van der Waals surface area (Å²) in [5, 5.41) is 0. The van der Waals surface area contributed by atoms with Gasteiger partial charge in [0.05, 0.1) is 39.3 Å². The van der Waals surface area contributed by atoms with Gasteiger partial charge in [-0.15, -0.1) is 0 Å². The van der Waals surface area contributed by atoms with E-state index in [9.17, 15) is 4.79 Å². The molecule has 6 nitrogen and oxygen atoms in total. The molecule has 218 valence electrons. The van der Waals surface area contributed by atoms with E-state index in [0.29, 0.717) is 18.8 Å². The van der Waals surface area contributed by atoms with Crippen LogP contribution in [0, 0.1) is 0 Å². The summed E-state index contributed by atoms with van der Waals surface area (Å²) >= 11 is 0. The number of hydrogen-bond acceptors (Lipinski definition) is 6. The van der Waals surface area contributed by atoms with E-state index in [1.807, 2.05) is 48.5 Å². The largest absolute Gasteiger partial charge is 0.501 e. The summed E-state index contributed by atoms with van der Waals surface area (Å²) < 4.78 is 29.2. The summed E-state index contributed by atoms with van der Waals surface area (Å²) in [6.07, 6.45) is 5.76. The second-order valence-electron chi connectivity index (χ2n) is 10.6. The molecular weight excluding hydrogens is 540 g/mol. The molecule has 6 heteroatoms. The number of allylic oxidation sites excluding steroid dienone is 3. The average Bonchev–Trinajstić information content (AvgIpc) is 3.08. The molecule has 0 radical (unpaired) electrons. The zero-order valence-electron chi connectivity index (χ0n) is 24.6. The molecule has 4 aromatic carbocycles. The molecule has 43 heavy (non-hydrogen) atoms. The highest BCUT2D eigenvalue weighted by atomic mass is 16.5. The van der Waals surface area contributed by atoms with Gasteiger partial charge in [0.2, 0.25) is 0 Å². The molecule has 0 amide bonds. The second kappa shape index (κ2) is 12.2. The van der Waals surface area contributed by atoms with E-state index < -0.39 is 5.60 Å². The van der Waals surface area contributed by atoms with Crippen molar-refractivity contribution in [3.05, 3.63) is 142 Å². The van der Waals surface area contributed by atoms with Gasteiger partial charge in [0.15, 0.2) is 0 Å². The van der Waals surface area contributed by atoms with Crippen LogP contribution in [0.3, 0.4) is 0 Å². The third-order valence-corrected chi connectivity index (χ3v) is 8.20. The van der Waals surface area contributed by atoms with Crippen molar-refractivity contribution < 1.29 is 28.5 Å². The summed E-state index contributed by atoms with van der Waals surface area (Å²) in [4.78, 5) is 12.0. The fraction of sp³-hybridized carbons (Fsp3) is 0.216. The van der Waals surface area contributed by atoms with Crippen LogP contribution in [0.2, 0.25) is 0 Å². The standard InChI is InChI=1S/C37H34O6/c1-39-31-15-11-29(12-16-31)37(28-7-5-4-6-8-28,30-13-17-32(40-2)18-14-30)43-23-25-9-19-34-33-20-10-26(36(38)41-3)22-27(33)24-42-35(34)21-25/h4-13,15-17,19-22H,14,18,23-24H2,1-3H3. The summed E-state index contributed by atoms with van der Waals surface area (Å²) in [5.74, 6) is 2.17. The maximum atomic E-state index is 12.0. The highest BCUT2D eigenvalue weighted by molar-refractivity contribution is 5.91. The van der Waals surface area contributed by atoms with Gasteiger partial charge in [0.1, 0.15) is 23.7 Å². The van der Waals surface area contributed by atoms with Gasteiger partial charge in [-0.1, -0.05) is 66.7 Å². The van der Waals surface area contributed by atoms with Crippen molar-refractivity contribution in [1.82, 2.24) is 0 Å². The number of carbonyl (C=O) groups is 1. The first-order valence-corrected chi connectivity index (χ1v) is 14.3. The molecule has 2 aliphatic rings. The topological polar surface area (TPSA) is 63.2 Å². The first-order valence-electron chi connectivity index (χ1n) is 14.3. The molecule has 6 rings (SSSR count). The number of benzene rings is 4. The van der Waals surface area contributed by atoms with E-state index in [0.717, 1.165) is 69.1 Å². The molecular formula is C37H34O6. The van der Waals surface area contributed by atoms with E-state index in [2.05, 4.69) is 48.5 Å². The highest BCUT2D eigenvalue weighted by Crippen LogP contribution is 2.46. The fourth-order valence-corrected chi connectivity index (χ4v) is 5.94. The van der Waals surface area contributed by atoms with Gasteiger partial charge >= 0.3 is 5.97 Å². The Bertz CT molecular complexity index is 1690. The smallest absolute Gasteiger partial charge is 0.337 e. The number of ether oxygens (including phenoxy) is 5. The van der Waals surface area contributed by atoms with Gasteiger partial charge in [0, 0.05) is 12.0 Å². The van der Waals surface area contributed by atoms with Crippen LogP contribution >= 0.6 is 0 Å². The molecule has 0 spiro atoms. The number of carbonyl (C=O) groups excluding carboxylic acids is 1. The normalized spacial score (nSPS) is 15.0. The first kappa shape index (κ1) is 28.3. The Labute approximate surface area is 252 Å². The zero-order chi connectivity index (χ0) is 29.8. The number of fused-ring (bicyclic) bond motifs is 3. The van der Waals surface area contributed by atoms with Crippen LogP contribution in [0.4, 0.5) is 0 Å². The maximum absolute atomic E-state index is 12.0. The molecule has 1 aliphatic heterocycles. The molecule has 0 aromatic heterocycles. The van der Waals surface area contributed by atoms with Gasteiger partial charge in [-0.25, -0.2) is 4.79 Å². The molecule has 1 atom stereocenters. The lowest BCUT2D eigenvalue weighted by Crippen LogP contribution is -2.34. The first-order chi connectivity index (χ1) is 21.0.